The third-order valence-electron chi connectivity index (χ3n) is 1.82. The molecule has 0 saturated heterocycles. The van der Waals surface area contributed by atoms with Crippen LogP contribution in [0.15, 0.2) is 35.1 Å². The highest BCUT2D eigenvalue weighted by Crippen LogP contribution is 2.16. The van der Waals surface area contributed by atoms with E-state index in [1.807, 2.05) is 0 Å². The van der Waals surface area contributed by atoms with Crippen LogP contribution in [-0.2, 0) is 0 Å². The fourth-order valence-corrected chi connectivity index (χ4v) is 1.13. The van der Waals surface area contributed by atoms with Crippen molar-refractivity contribution in [1.29, 1.82) is 0 Å². The van der Waals surface area contributed by atoms with Gasteiger partial charge in [0.25, 0.3) is 0 Å². The van der Waals surface area contributed by atoms with Crippen molar-refractivity contribution in [3.05, 3.63) is 36.5 Å². The molecule has 0 atom stereocenters. The summed E-state index contributed by atoms with van der Waals surface area (Å²) in [5.74, 6) is 0.0409. The summed E-state index contributed by atoms with van der Waals surface area (Å²) >= 11 is 0. The minimum Gasteiger partial charge on any atom is -0.463 e. The van der Waals surface area contributed by atoms with Crippen LogP contribution in [0.4, 0.5) is 0 Å². The van der Waals surface area contributed by atoms with Gasteiger partial charge >= 0.3 is 0 Å². The van der Waals surface area contributed by atoms with Gasteiger partial charge < -0.3 is 9.52 Å². The Morgan fingerprint density at radius 1 is 1.47 bits per heavy atom. The molecular weight excluding hydrogens is 196 g/mol. The zero-order valence-electron chi connectivity index (χ0n) is 7.75. The molecule has 2 aromatic rings. The van der Waals surface area contributed by atoms with Crippen LogP contribution in [0.25, 0.3) is 11.5 Å². The van der Waals surface area contributed by atoms with Crippen molar-refractivity contribution in [3.63, 3.8) is 0 Å². The van der Waals surface area contributed by atoms with Crippen LogP contribution < -0.4 is 0 Å². The Morgan fingerprint density at radius 3 is 3.00 bits per heavy atom. The number of rotatable bonds is 3. The van der Waals surface area contributed by atoms with Crippen LogP contribution in [0.2, 0.25) is 0 Å². The average Bonchev–Trinajstić information content (AvgIpc) is 2.82. The van der Waals surface area contributed by atoms with E-state index >= 15 is 0 Å². The largest absolute Gasteiger partial charge is 0.463 e. The molecule has 2 aromatic heterocycles. The first-order valence-electron chi connectivity index (χ1n) is 4.32. The molecule has 0 radical (unpaired) electrons. The molecule has 0 spiro atoms. The van der Waals surface area contributed by atoms with Crippen molar-refractivity contribution < 1.29 is 14.3 Å². The summed E-state index contributed by atoms with van der Waals surface area (Å²) in [5.41, 5.74) is 0.520. The number of nitrogens with zero attached hydrogens (tertiary/aromatic N) is 2. The third kappa shape index (κ3) is 1.92. The van der Waals surface area contributed by atoms with E-state index in [0.717, 1.165) is 0 Å². The topological polar surface area (TPSA) is 76.2 Å². The highest BCUT2D eigenvalue weighted by Gasteiger charge is 2.10. The zero-order chi connectivity index (χ0) is 10.7. The SMILES string of the molecule is O=C(CO)c1nccc(-c2ccco2)n1. The van der Waals surface area contributed by atoms with Crippen LogP contribution in [-0.4, -0.2) is 27.5 Å². The van der Waals surface area contributed by atoms with E-state index in [-0.39, 0.29) is 5.82 Å². The molecule has 5 nitrogen and oxygen atoms in total. The van der Waals surface area contributed by atoms with E-state index in [0.29, 0.717) is 11.5 Å². The molecule has 76 valence electrons. The molecule has 0 aromatic carbocycles. The first-order chi connectivity index (χ1) is 7.31. The molecule has 0 aliphatic carbocycles. The van der Waals surface area contributed by atoms with Crippen molar-refractivity contribution in [2.45, 2.75) is 0 Å². The fourth-order valence-electron chi connectivity index (χ4n) is 1.13. The molecule has 0 bridgehead atoms. The summed E-state index contributed by atoms with van der Waals surface area (Å²) in [4.78, 5) is 18.9. The van der Waals surface area contributed by atoms with Gasteiger partial charge in [0.1, 0.15) is 12.3 Å². The van der Waals surface area contributed by atoms with Gasteiger partial charge in [-0.2, -0.15) is 0 Å². The van der Waals surface area contributed by atoms with Gasteiger partial charge in [-0.15, -0.1) is 0 Å². The fraction of sp³-hybridized carbons (Fsp3) is 0.100. The Balaban J connectivity index is 2.39. The smallest absolute Gasteiger partial charge is 0.225 e. The van der Waals surface area contributed by atoms with Gasteiger partial charge in [0, 0.05) is 6.20 Å². The Bertz CT molecular complexity index is 465. The second kappa shape index (κ2) is 4.02. The molecule has 2 rings (SSSR count). The van der Waals surface area contributed by atoms with Crippen molar-refractivity contribution in [3.8, 4) is 11.5 Å². The number of aromatic nitrogens is 2. The minimum absolute atomic E-state index is 0.00796. The molecule has 2 heterocycles. The second-order valence-corrected chi connectivity index (χ2v) is 2.82. The first kappa shape index (κ1) is 9.54. The van der Waals surface area contributed by atoms with E-state index < -0.39 is 12.4 Å². The molecule has 5 heteroatoms. The minimum atomic E-state index is -0.596. The molecular formula is C10H8N2O3. The van der Waals surface area contributed by atoms with Crippen LogP contribution in [0.1, 0.15) is 10.6 Å². The lowest BCUT2D eigenvalue weighted by Gasteiger charge is -1.98. The molecule has 0 amide bonds. The number of hydrogen-bond acceptors (Lipinski definition) is 5. The van der Waals surface area contributed by atoms with Crippen molar-refractivity contribution in [2.24, 2.45) is 0 Å². The van der Waals surface area contributed by atoms with E-state index in [1.165, 1.54) is 12.5 Å². The monoisotopic (exact) mass is 204 g/mol. The van der Waals surface area contributed by atoms with E-state index in [4.69, 9.17) is 9.52 Å². The van der Waals surface area contributed by atoms with Crippen molar-refractivity contribution >= 4 is 5.78 Å². The van der Waals surface area contributed by atoms with E-state index in [1.54, 1.807) is 18.2 Å². The number of aliphatic hydroxyl groups is 1. The summed E-state index contributed by atoms with van der Waals surface area (Å²) in [6.07, 6.45) is 2.97. The van der Waals surface area contributed by atoms with Crippen LogP contribution in [0, 0.1) is 0 Å². The standard InChI is InChI=1S/C10H8N2O3/c13-6-8(14)10-11-4-3-7(12-10)9-2-1-5-15-9/h1-5,13H,6H2. The lowest BCUT2D eigenvalue weighted by atomic mass is 10.3. The number of hydrogen-bond donors (Lipinski definition) is 1. The van der Waals surface area contributed by atoms with Gasteiger partial charge in [-0.3, -0.25) is 4.79 Å². The van der Waals surface area contributed by atoms with E-state index in [9.17, 15) is 4.79 Å². The Labute approximate surface area is 85.4 Å². The molecule has 0 unspecified atom stereocenters. The van der Waals surface area contributed by atoms with Crippen molar-refractivity contribution in [1.82, 2.24) is 9.97 Å². The van der Waals surface area contributed by atoms with Crippen LogP contribution >= 0.6 is 0 Å². The number of Topliss-reactive ketones (excluding diaryl/α,β-unsaturated/α-hetero) is 1. The lowest BCUT2D eigenvalue weighted by molar-refractivity contribution is 0.0893. The Morgan fingerprint density at radius 2 is 2.33 bits per heavy atom. The maximum atomic E-state index is 11.1. The average molecular weight is 204 g/mol. The maximum Gasteiger partial charge on any atom is 0.225 e. The van der Waals surface area contributed by atoms with Gasteiger partial charge in [0.05, 0.1) is 6.26 Å². The summed E-state index contributed by atoms with van der Waals surface area (Å²) in [6, 6.07) is 5.09. The molecule has 1 N–H and O–H groups in total. The summed E-state index contributed by atoms with van der Waals surface area (Å²) < 4.78 is 5.12. The molecule has 0 aliphatic heterocycles. The normalized spacial score (nSPS) is 10.2. The first-order valence-corrected chi connectivity index (χ1v) is 4.32. The number of aliphatic hydroxyl groups excluding tert-OH is 1. The maximum absolute atomic E-state index is 11.1. The van der Waals surface area contributed by atoms with Crippen LogP contribution in [0.5, 0.6) is 0 Å². The second-order valence-electron chi connectivity index (χ2n) is 2.82. The number of carbonyl (C=O) groups excluding carboxylic acids is 1. The van der Waals surface area contributed by atoms with Gasteiger partial charge in [-0.25, -0.2) is 9.97 Å². The lowest BCUT2D eigenvalue weighted by Crippen LogP contribution is -2.09. The molecule has 0 saturated carbocycles. The summed E-state index contributed by atoms with van der Waals surface area (Å²) in [5, 5.41) is 8.66. The van der Waals surface area contributed by atoms with Gasteiger partial charge in [0.15, 0.2) is 11.6 Å². The Hall–Kier alpha value is -2.01. The highest BCUT2D eigenvalue weighted by molar-refractivity contribution is 5.93. The van der Waals surface area contributed by atoms with Gasteiger partial charge in [-0.1, -0.05) is 0 Å². The predicted molar refractivity (Wildman–Crippen MR) is 51.2 cm³/mol. The van der Waals surface area contributed by atoms with E-state index in [2.05, 4.69) is 9.97 Å². The highest BCUT2D eigenvalue weighted by atomic mass is 16.3. The third-order valence-corrected chi connectivity index (χ3v) is 1.82. The predicted octanol–water partition coefficient (Wildman–Crippen LogP) is 0.912. The summed E-state index contributed by atoms with van der Waals surface area (Å²) in [7, 11) is 0. The molecule has 0 fully saturated rings. The number of furan rings is 1. The quantitative estimate of drug-likeness (QED) is 0.752. The Kier molecular flexibility index (Phi) is 2.55. The number of ketones is 1. The zero-order valence-corrected chi connectivity index (χ0v) is 7.75. The molecule has 15 heavy (non-hydrogen) atoms. The van der Waals surface area contributed by atoms with Crippen molar-refractivity contribution in [2.75, 3.05) is 6.61 Å². The van der Waals surface area contributed by atoms with Crippen LogP contribution in [0.3, 0.4) is 0 Å². The molecule has 0 aliphatic rings. The van der Waals surface area contributed by atoms with Gasteiger partial charge in [0.2, 0.25) is 5.78 Å². The summed E-state index contributed by atoms with van der Waals surface area (Å²) in [6.45, 7) is -0.596. The van der Waals surface area contributed by atoms with Gasteiger partial charge in [-0.05, 0) is 18.2 Å². The number of carbonyl (C=O) groups is 1.